The molecule has 3 amide bonds. The molecule has 6 aromatic rings. The van der Waals surface area contributed by atoms with Crippen molar-refractivity contribution in [1.29, 1.82) is 0 Å². The highest BCUT2D eigenvalue weighted by molar-refractivity contribution is 6.04. The minimum Gasteiger partial charge on any atom is -0.491 e. The molecule has 1 saturated carbocycles. The maximum atomic E-state index is 13.6. The summed E-state index contributed by atoms with van der Waals surface area (Å²) < 4.78 is 13.2. The van der Waals surface area contributed by atoms with Crippen LogP contribution >= 0.6 is 0 Å². The van der Waals surface area contributed by atoms with Crippen LogP contribution in [0.4, 0.5) is 11.9 Å². The van der Waals surface area contributed by atoms with Gasteiger partial charge in [-0.25, -0.2) is 15.0 Å². The number of fused-ring (bicyclic) bond motifs is 2. The van der Waals surface area contributed by atoms with Gasteiger partial charge in [-0.2, -0.15) is 10.2 Å². The molecule has 1 fully saturated rings. The molecule has 5 heterocycles. The van der Waals surface area contributed by atoms with Crippen LogP contribution in [-0.2, 0) is 26.2 Å². The second kappa shape index (κ2) is 14.1. The summed E-state index contributed by atoms with van der Waals surface area (Å²) in [5, 5.41) is 14.7. The molecule has 16 nitrogen and oxygen atoms in total. The Morgan fingerprint density at radius 1 is 0.865 bits per heavy atom. The van der Waals surface area contributed by atoms with Gasteiger partial charge < -0.3 is 15.0 Å². The van der Waals surface area contributed by atoms with Gasteiger partial charge in [-0.1, -0.05) is 12.2 Å². The lowest BCUT2D eigenvalue weighted by Gasteiger charge is -2.13. The normalized spacial score (nSPS) is 13.0. The van der Waals surface area contributed by atoms with E-state index >= 15 is 0 Å². The second-order valence-corrected chi connectivity index (χ2v) is 12.8. The van der Waals surface area contributed by atoms with E-state index in [1.807, 2.05) is 55.0 Å². The van der Waals surface area contributed by atoms with Gasteiger partial charge in [0.2, 0.25) is 17.8 Å². The Hall–Kier alpha value is -6.32. The largest absolute Gasteiger partial charge is 0.491 e. The highest BCUT2D eigenvalue weighted by Crippen LogP contribution is 2.34. The third-order valence-corrected chi connectivity index (χ3v) is 8.83. The average Bonchev–Trinajstić information content (AvgIpc) is 3.41. The number of aromatic nitrogens is 9. The summed E-state index contributed by atoms with van der Waals surface area (Å²) in [4.78, 5) is 53.2. The van der Waals surface area contributed by atoms with Crippen molar-refractivity contribution in [3.63, 3.8) is 0 Å². The summed E-state index contributed by atoms with van der Waals surface area (Å²) in [7, 11) is 0. The number of ether oxygens (including phenoxy) is 1. The smallest absolute Gasteiger partial charge is 0.276 e. The Morgan fingerprint density at radius 3 is 2.06 bits per heavy atom. The van der Waals surface area contributed by atoms with Gasteiger partial charge in [-0.3, -0.25) is 38.9 Å². The average molecular weight is 705 g/mol. The molecular weight excluding hydrogens is 664 g/mol. The lowest BCUT2D eigenvalue weighted by atomic mass is 10.1. The number of nitrogens with one attached hydrogen (secondary N) is 2. The van der Waals surface area contributed by atoms with E-state index in [0.717, 1.165) is 18.5 Å². The second-order valence-electron chi connectivity index (χ2n) is 12.8. The first kappa shape index (κ1) is 34.1. The number of rotatable bonds is 14. The Morgan fingerprint density at radius 2 is 1.46 bits per heavy atom. The lowest BCUT2D eigenvalue weighted by Crippen LogP contribution is -2.20. The number of carbonyl (C=O) groups excluding carboxylic acids is 3. The quantitative estimate of drug-likeness (QED) is 0.137. The maximum Gasteiger partial charge on any atom is 0.276 e. The van der Waals surface area contributed by atoms with Crippen LogP contribution in [0, 0.1) is 19.8 Å². The number of nitrogens with two attached hydrogens (primary N) is 1. The molecular formula is C36H40N12O4. The topological polar surface area (TPSA) is 195 Å². The molecule has 268 valence electrons. The monoisotopic (exact) mass is 704 g/mol. The number of nitrogens with zero attached hydrogens (tertiary/aromatic N) is 9. The molecule has 0 unspecified atom stereocenters. The number of allylic oxidation sites excluding steroid dienone is 2. The summed E-state index contributed by atoms with van der Waals surface area (Å²) >= 11 is 0. The van der Waals surface area contributed by atoms with Crippen molar-refractivity contribution >= 4 is 51.8 Å². The van der Waals surface area contributed by atoms with Crippen LogP contribution in [0.3, 0.4) is 0 Å². The molecule has 1 aliphatic carbocycles. The first-order chi connectivity index (χ1) is 25.1. The molecule has 1 aromatic carbocycles. The molecule has 0 bridgehead atoms. The minimum absolute atomic E-state index is 0.252. The van der Waals surface area contributed by atoms with Crippen molar-refractivity contribution < 1.29 is 19.1 Å². The predicted octanol–water partition coefficient (Wildman–Crippen LogP) is 4.48. The fourth-order valence-electron chi connectivity index (χ4n) is 6.10. The van der Waals surface area contributed by atoms with Gasteiger partial charge in [-0.05, 0) is 82.9 Å². The molecule has 52 heavy (non-hydrogen) atoms. The van der Waals surface area contributed by atoms with Gasteiger partial charge in [0.25, 0.3) is 11.8 Å². The first-order valence-electron chi connectivity index (χ1n) is 17.3. The number of pyridine rings is 1. The zero-order chi connectivity index (χ0) is 36.5. The molecule has 0 aliphatic heterocycles. The summed E-state index contributed by atoms with van der Waals surface area (Å²) in [6, 6.07) is 10.3. The highest BCUT2D eigenvalue weighted by Gasteiger charge is 2.25. The number of hydrogen-bond donors (Lipinski definition) is 3. The van der Waals surface area contributed by atoms with Gasteiger partial charge in [0.05, 0.1) is 23.5 Å². The molecule has 7 rings (SSSR count). The molecule has 4 N–H and O–H groups in total. The van der Waals surface area contributed by atoms with E-state index in [2.05, 4.69) is 30.8 Å². The number of hydrogen-bond acceptors (Lipinski definition) is 9. The fraction of sp³-hybridized carbons (Fsp3) is 0.333. The number of primary amides is 1. The Balaban J connectivity index is 1.22. The zero-order valence-electron chi connectivity index (χ0n) is 29.5. The van der Waals surface area contributed by atoms with E-state index in [1.54, 1.807) is 45.9 Å². The van der Waals surface area contributed by atoms with Gasteiger partial charge in [0, 0.05) is 37.9 Å². The van der Waals surface area contributed by atoms with Crippen LogP contribution in [0.15, 0.2) is 54.7 Å². The van der Waals surface area contributed by atoms with Crippen molar-refractivity contribution in [2.75, 3.05) is 17.2 Å². The van der Waals surface area contributed by atoms with Gasteiger partial charge >= 0.3 is 0 Å². The summed E-state index contributed by atoms with van der Waals surface area (Å²) in [5.41, 5.74) is 10.5. The minimum atomic E-state index is -0.612. The van der Waals surface area contributed by atoms with Gasteiger partial charge in [0.15, 0.2) is 5.65 Å². The number of carbonyl (C=O) groups is 3. The standard InChI is InChI=1S/C36H40N12O4/c1-5-47-27(16-21(3)43-47)33(50)41-35-40-26-18-24(31(37)49)19-29(52-20-23-11-12-23)30(26)45(35)14-7-8-15-46-32-25(10-9-13-38-32)39-36(46)42-34(51)28-17-22(4)44-48(28)6-2/h7-10,13,16-19,23H,5-6,11-12,14-15,20H2,1-4H3,(H2,37,49)(H,39,42,51)(H,40,41,50)/b8-7+. The number of anilines is 2. The van der Waals surface area contributed by atoms with Crippen LogP contribution in [0.5, 0.6) is 5.75 Å². The van der Waals surface area contributed by atoms with Crippen molar-refractivity contribution in [3.8, 4) is 5.75 Å². The van der Waals surface area contributed by atoms with Crippen molar-refractivity contribution in [2.24, 2.45) is 11.7 Å². The lowest BCUT2D eigenvalue weighted by molar-refractivity contribution is 0.0994. The van der Waals surface area contributed by atoms with Crippen LogP contribution in [0.1, 0.15) is 69.4 Å². The maximum absolute atomic E-state index is 13.6. The number of benzene rings is 1. The van der Waals surface area contributed by atoms with Crippen LogP contribution < -0.4 is 21.1 Å². The SMILES string of the molecule is CCn1nc(C)cc1C(=O)Nc1nc2cccnc2n1C/C=C/Cn1c(NC(=O)c2cc(C)nn2CC)nc2cc(C(N)=O)cc(OCC3CC3)c21. The predicted molar refractivity (Wildman–Crippen MR) is 194 cm³/mol. The van der Waals surface area contributed by atoms with Crippen LogP contribution in [-0.4, -0.2) is 68.0 Å². The third kappa shape index (κ3) is 6.86. The van der Waals surface area contributed by atoms with Gasteiger partial charge in [0.1, 0.15) is 28.2 Å². The van der Waals surface area contributed by atoms with Crippen LogP contribution in [0.25, 0.3) is 22.2 Å². The Labute approximate surface area is 298 Å². The van der Waals surface area contributed by atoms with Crippen molar-refractivity contribution in [3.05, 3.63) is 83.1 Å². The molecule has 5 aromatic heterocycles. The van der Waals surface area contributed by atoms with Crippen molar-refractivity contribution in [2.45, 2.75) is 66.7 Å². The zero-order valence-corrected chi connectivity index (χ0v) is 29.5. The van der Waals surface area contributed by atoms with E-state index in [9.17, 15) is 14.4 Å². The fourth-order valence-corrected chi connectivity index (χ4v) is 6.10. The van der Waals surface area contributed by atoms with E-state index in [0.29, 0.717) is 83.1 Å². The molecule has 1 aliphatic rings. The molecule has 0 atom stereocenters. The van der Waals surface area contributed by atoms with E-state index in [-0.39, 0.29) is 29.9 Å². The number of imidazole rings is 2. The van der Waals surface area contributed by atoms with E-state index in [1.165, 1.54) is 0 Å². The summed E-state index contributed by atoms with van der Waals surface area (Å²) in [6.45, 7) is 9.63. The van der Waals surface area contributed by atoms with E-state index < -0.39 is 5.91 Å². The van der Waals surface area contributed by atoms with Crippen LogP contribution in [0.2, 0.25) is 0 Å². The van der Waals surface area contributed by atoms with Gasteiger partial charge in [-0.15, -0.1) is 0 Å². The molecule has 0 radical (unpaired) electrons. The Kier molecular flexibility index (Phi) is 9.28. The number of aryl methyl sites for hydroxylation is 4. The Bertz CT molecular complexity index is 2360. The molecule has 0 saturated heterocycles. The van der Waals surface area contributed by atoms with E-state index in [4.69, 9.17) is 15.5 Å². The number of amides is 3. The molecule has 0 spiro atoms. The summed E-state index contributed by atoms with van der Waals surface area (Å²) in [5.74, 6) is 0.166. The molecule has 16 heteroatoms. The third-order valence-electron chi connectivity index (χ3n) is 8.83. The van der Waals surface area contributed by atoms with Crippen molar-refractivity contribution in [1.82, 2.24) is 43.6 Å². The summed E-state index contributed by atoms with van der Waals surface area (Å²) in [6.07, 6.45) is 7.66. The highest BCUT2D eigenvalue weighted by atomic mass is 16.5. The first-order valence-corrected chi connectivity index (χ1v) is 17.3.